The number of aliphatic hydroxyl groups excluding tert-OH is 11. The van der Waals surface area contributed by atoms with Crippen LogP contribution in [0.2, 0.25) is 0 Å². The summed E-state index contributed by atoms with van der Waals surface area (Å²) in [4.78, 5) is 12.1. The van der Waals surface area contributed by atoms with Gasteiger partial charge in [0.1, 0.15) is 85.4 Å². The minimum atomic E-state index is -1.92. The topological polar surface area (TPSA) is 316 Å². The Bertz CT molecular complexity index is 997. The number of carbonyl (C=O) groups excluding carboxylic acids is 1. The van der Waals surface area contributed by atoms with E-state index in [1.807, 2.05) is 0 Å². The summed E-state index contributed by atoms with van der Waals surface area (Å²) in [5.74, 6) is -0.691. The Kier molecular flexibility index (Phi) is 12.7. The highest BCUT2D eigenvalue weighted by Gasteiger charge is 2.55. The van der Waals surface area contributed by atoms with Crippen molar-refractivity contribution in [2.45, 2.75) is 144 Å². The van der Waals surface area contributed by atoms with Gasteiger partial charge in [0, 0.05) is 6.92 Å². The maximum absolute atomic E-state index is 12.1. The molecule has 0 aliphatic carbocycles. The van der Waals surface area contributed by atoms with Crippen molar-refractivity contribution < 1.29 is 94.1 Å². The third-order valence-corrected chi connectivity index (χ3v) is 8.53. The molecule has 20 heteroatoms. The van der Waals surface area contributed by atoms with E-state index in [1.54, 1.807) is 0 Å². The zero-order chi connectivity index (χ0) is 34.2. The number of aliphatic hydroxyl groups is 11. The first-order valence-electron chi connectivity index (χ1n) is 14.8. The quantitative estimate of drug-likeness (QED) is 0.108. The number of carbonyl (C=O) groups is 1. The molecule has 0 bridgehead atoms. The SMILES string of the molecule is CC(=O)N[C@H]1C(O)O[C@H](CO)[C@@H](O[C@@H]2O[C@H](CO)[C@H](O)[C@H](O)[C@H]2O[C@@H]2O[C@@H](C)[C@@H](O)[C@@H](O)[C@@H]2O)[C@@H]1O[C@@H]1O[C@@H](C)[C@@H](O)[C@@H](O)[C@@H]1O. The average Bonchev–Trinajstić information content (AvgIpc) is 3.01. The summed E-state index contributed by atoms with van der Waals surface area (Å²) in [6.45, 7) is 2.15. The summed E-state index contributed by atoms with van der Waals surface area (Å²) in [5.41, 5.74) is 0. The molecule has 12 N–H and O–H groups in total. The number of ether oxygens (including phenoxy) is 7. The lowest BCUT2D eigenvalue weighted by Gasteiger charge is -2.50. The van der Waals surface area contributed by atoms with Gasteiger partial charge in [-0.15, -0.1) is 0 Å². The van der Waals surface area contributed by atoms with E-state index in [0.717, 1.165) is 6.92 Å². The van der Waals surface area contributed by atoms with Crippen LogP contribution in [0.4, 0.5) is 0 Å². The number of nitrogens with one attached hydrogen (secondary N) is 1. The van der Waals surface area contributed by atoms with E-state index in [-0.39, 0.29) is 0 Å². The van der Waals surface area contributed by atoms with E-state index >= 15 is 0 Å². The molecule has 4 aliphatic heterocycles. The molecule has 4 rings (SSSR count). The highest BCUT2D eigenvalue weighted by atomic mass is 16.8. The minimum absolute atomic E-state index is 0.691. The van der Waals surface area contributed by atoms with Gasteiger partial charge in [-0.2, -0.15) is 0 Å². The van der Waals surface area contributed by atoms with Crippen LogP contribution in [-0.4, -0.2) is 198 Å². The summed E-state index contributed by atoms with van der Waals surface area (Å²) in [6.07, 6.45) is -31.2. The van der Waals surface area contributed by atoms with E-state index in [1.165, 1.54) is 13.8 Å². The summed E-state index contributed by atoms with van der Waals surface area (Å²) in [6, 6.07) is -1.51. The van der Waals surface area contributed by atoms with Gasteiger partial charge in [0.2, 0.25) is 5.91 Å². The Morgan fingerprint density at radius 2 is 1.04 bits per heavy atom. The van der Waals surface area contributed by atoms with Gasteiger partial charge >= 0.3 is 0 Å². The molecule has 46 heavy (non-hydrogen) atoms. The molecule has 0 saturated carbocycles. The monoisotopic (exact) mass is 675 g/mol. The summed E-state index contributed by atoms with van der Waals surface area (Å²) in [5, 5.41) is 117. The van der Waals surface area contributed by atoms with Crippen molar-refractivity contribution in [1.29, 1.82) is 0 Å². The Labute approximate surface area is 262 Å². The van der Waals surface area contributed by atoms with E-state index in [2.05, 4.69) is 5.32 Å². The lowest BCUT2D eigenvalue weighted by molar-refractivity contribution is -0.391. The van der Waals surface area contributed by atoms with Crippen LogP contribution in [0.15, 0.2) is 0 Å². The molecule has 1 amide bonds. The van der Waals surface area contributed by atoms with Crippen LogP contribution in [-0.2, 0) is 38.0 Å². The number of rotatable bonds is 9. The molecule has 4 fully saturated rings. The van der Waals surface area contributed by atoms with Crippen LogP contribution in [0.3, 0.4) is 0 Å². The molecule has 4 saturated heterocycles. The molecular weight excluding hydrogens is 630 g/mol. The largest absolute Gasteiger partial charge is 0.394 e. The fraction of sp³-hybridized carbons (Fsp3) is 0.962. The zero-order valence-corrected chi connectivity index (χ0v) is 25.1. The van der Waals surface area contributed by atoms with Gasteiger partial charge in [-0.1, -0.05) is 0 Å². The molecule has 0 aromatic rings. The van der Waals surface area contributed by atoms with Gasteiger partial charge in [0.15, 0.2) is 25.2 Å². The van der Waals surface area contributed by atoms with Gasteiger partial charge < -0.3 is 94.6 Å². The molecule has 20 nitrogen and oxygen atoms in total. The van der Waals surface area contributed by atoms with E-state index in [9.17, 15) is 61.0 Å². The molecule has 0 spiro atoms. The number of hydrogen-bond acceptors (Lipinski definition) is 19. The van der Waals surface area contributed by atoms with Crippen LogP contribution in [0.25, 0.3) is 0 Å². The minimum Gasteiger partial charge on any atom is -0.394 e. The third kappa shape index (κ3) is 7.64. The molecule has 0 radical (unpaired) electrons. The predicted molar refractivity (Wildman–Crippen MR) is 143 cm³/mol. The molecule has 0 aromatic heterocycles. The van der Waals surface area contributed by atoms with Crippen molar-refractivity contribution in [1.82, 2.24) is 5.32 Å². The average molecular weight is 676 g/mol. The fourth-order valence-electron chi connectivity index (χ4n) is 5.81. The molecule has 0 aromatic carbocycles. The fourth-order valence-corrected chi connectivity index (χ4v) is 5.81. The molecule has 268 valence electrons. The zero-order valence-electron chi connectivity index (χ0n) is 25.1. The second-order valence-corrected chi connectivity index (χ2v) is 11.8. The second kappa shape index (κ2) is 15.5. The molecule has 4 aliphatic rings. The van der Waals surface area contributed by atoms with Crippen molar-refractivity contribution in [3.8, 4) is 0 Å². The van der Waals surface area contributed by atoms with Gasteiger partial charge in [-0.3, -0.25) is 4.79 Å². The van der Waals surface area contributed by atoms with E-state index < -0.39 is 142 Å². The van der Waals surface area contributed by atoms with Crippen LogP contribution < -0.4 is 5.32 Å². The van der Waals surface area contributed by atoms with Gasteiger partial charge in [0.05, 0.1) is 25.4 Å². The molecule has 4 heterocycles. The first kappa shape index (κ1) is 37.6. The maximum Gasteiger partial charge on any atom is 0.217 e. The van der Waals surface area contributed by atoms with Crippen molar-refractivity contribution in [2.24, 2.45) is 0 Å². The molecule has 20 atom stereocenters. The normalized spacial score (nSPS) is 51.9. The standard InChI is InChI=1S/C26H45NO19/c1-6-12(31)15(34)18(37)24(40-6)45-21-11(27-8(3)30)23(39)42-10(5-29)20(21)44-26-22(17(36)14(33)9(4-28)43-26)46-25-19(38)16(35)13(32)7(2)41-25/h6-7,9-26,28-29,31-39H,4-5H2,1-3H3,(H,27,30)/t6-,7-,9+,10+,11+,12+,13+,14-,15+,16+,17-,18-,19-,20+,21+,22+,23?,24-,25-,26-/m0/s1. The highest BCUT2D eigenvalue weighted by Crippen LogP contribution is 2.35. The Hall–Kier alpha value is -1.25. The lowest BCUT2D eigenvalue weighted by atomic mass is 9.94. The second-order valence-electron chi connectivity index (χ2n) is 11.8. The Morgan fingerprint density at radius 3 is 1.52 bits per heavy atom. The molecular formula is C26H45NO19. The van der Waals surface area contributed by atoms with Crippen molar-refractivity contribution in [2.75, 3.05) is 13.2 Å². The Morgan fingerprint density at radius 1 is 0.565 bits per heavy atom. The summed E-state index contributed by atoms with van der Waals surface area (Å²) < 4.78 is 39.8. The van der Waals surface area contributed by atoms with Crippen LogP contribution >= 0.6 is 0 Å². The summed E-state index contributed by atoms with van der Waals surface area (Å²) in [7, 11) is 0. The smallest absolute Gasteiger partial charge is 0.217 e. The van der Waals surface area contributed by atoms with Crippen LogP contribution in [0.5, 0.6) is 0 Å². The van der Waals surface area contributed by atoms with Crippen molar-refractivity contribution in [3.05, 3.63) is 0 Å². The summed E-state index contributed by atoms with van der Waals surface area (Å²) >= 11 is 0. The van der Waals surface area contributed by atoms with E-state index in [4.69, 9.17) is 33.2 Å². The Balaban J connectivity index is 1.68. The van der Waals surface area contributed by atoms with Crippen LogP contribution in [0.1, 0.15) is 20.8 Å². The van der Waals surface area contributed by atoms with Gasteiger partial charge in [0.25, 0.3) is 0 Å². The predicted octanol–water partition coefficient (Wildman–Crippen LogP) is -7.55. The first-order valence-corrected chi connectivity index (χ1v) is 14.8. The van der Waals surface area contributed by atoms with Crippen molar-refractivity contribution in [3.63, 3.8) is 0 Å². The van der Waals surface area contributed by atoms with Gasteiger partial charge in [-0.25, -0.2) is 0 Å². The number of amides is 1. The van der Waals surface area contributed by atoms with Crippen molar-refractivity contribution >= 4 is 5.91 Å². The van der Waals surface area contributed by atoms with Crippen LogP contribution in [0, 0.1) is 0 Å². The van der Waals surface area contributed by atoms with E-state index in [0.29, 0.717) is 0 Å². The van der Waals surface area contributed by atoms with Gasteiger partial charge in [-0.05, 0) is 13.8 Å². The number of hydrogen-bond donors (Lipinski definition) is 12. The molecule has 1 unspecified atom stereocenters. The third-order valence-electron chi connectivity index (χ3n) is 8.53. The lowest BCUT2D eigenvalue weighted by Crippen LogP contribution is -2.70. The highest BCUT2D eigenvalue weighted by molar-refractivity contribution is 5.73. The maximum atomic E-state index is 12.1. The first-order chi connectivity index (χ1) is 21.6.